The predicted octanol–water partition coefficient (Wildman–Crippen LogP) is 3.14. The molecule has 2 bridgehead atoms. The van der Waals surface area contributed by atoms with Crippen molar-refractivity contribution in [3.05, 3.63) is 51.4 Å². The Morgan fingerprint density at radius 2 is 1.92 bits per heavy atom. The van der Waals surface area contributed by atoms with Gasteiger partial charge in [0.15, 0.2) is 6.61 Å². The van der Waals surface area contributed by atoms with E-state index >= 15 is 0 Å². The minimum atomic E-state index is -0.590. The van der Waals surface area contributed by atoms with Crippen molar-refractivity contribution in [3.8, 4) is 5.75 Å². The summed E-state index contributed by atoms with van der Waals surface area (Å²) in [6, 6.07) is 5.82. The zero-order valence-electron chi connectivity index (χ0n) is 13.7. The second-order valence-corrected chi connectivity index (χ2v) is 8.16. The summed E-state index contributed by atoms with van der Waals surface area (Å²) < 4.78 is 18.6. The lowest BCUT2D eigenvalue weighted by atomic mass is 9.44. The Morgan fingerprint density at radius 1 is 1.19 bits per heavy atom. The Morgan fingerprint density at radius 3 is 2.58 bits per heavy atom. The molecule has 5 nitrogen and oxygen atoms in total. The van der Waals surface area contributed by atoms with E-state index in [1.165, 1.54) is 23.5 Å². The van der Waals surface area contributed by atoms with Gasteiger partial charge in [0.25, 0.3) is 11.8 Å². The number of benzene rings is 1. The largest absolute Gasteiger partial charge is 0.484 e. The van der Waals surface area contributed by atoms with Crippen molar-refractivity contribution >= 4 is 34.8 Å². The van der Waals surface area contributed by atoms with Crippen molar-refractivity contribution in [2.45, 2.75) is 30.3 Å². The summed E-state index contributed by atoms with van der Waals surface area (Å²) >= 11 is 7.09. The summed E-state index contributed by atoms with van der Waals surface area (Å²) in [6.07, 6.45) is 2.16. The van der Waals surface area contributed by atoms with Crippen LogP contribution in [0.4, 0.5) is 4.39 Å². The maximum Gasteiger partial charge on any atom is 0.258 e. The Labute approximate surface area is 158 Å². The van der Waals surface area contributed by atoms with Crippen LogP contribution in [0.2, 0.25) is 5.02 Å². The molecule has 3 saturated carbocycles. The van der Waals surface area contributed by atoms with Gasteiger partial charge >= 0.3 is 0 Å². The topological polar surface area (TPSA) is 67.4 Å². The first-order chi connectivity index (χ1) is 12.4. The molecule has 3 fully saturated rings. The summed E-state index contributed by atoms with van der Waals surface area (Å²) in [7, 11) is 0. The smallest absolute Gasteiger partial charge is 0.258 e. The van der Waals surface area contributed by atoms with Crippen LogP contribution >= 0.6 is 22.9 Å². The first kappa shape index (κ1) is 17.3. The summed E-state index contributed by atoms with van der Waals surface area (Å²) in [6.45, 7) is -0.197. The average molecular weight is 395 g/mol. The SMILES string of the molecule is O=C(COc1ccc(Cl)c(F)c1)NC12CC(NC(=O)c3ccsc3)(C1)C2. The van der Waals surface area contributed by atoms with Crippen molar-refractivity contribution in [2.24, 2.45) is 0 Å². The second-order valence-electron chi connectivity index (χ2n) is 6.97. The van der Waals surface area contributed by atoms with E-state index in [2.05, 4.69) is 10.6 Å². The van der Waals surface area contributed by atoms with Gasteiger partial charge in [-0.2, -0.15) is 11.3 Å². The zero-order chi connectivity index (χ0) is 18.4. The molecule has 0 atom stereocenters. The van der Waals surface area contributed by atoms with E-state index < -0.39 is 5.82 Å². The predicted molar refractivity (Wildman–Crippen MR) is 96.1 cm³/mol. The van der Waals surface area contributed by atoms with Crippen LogP contribution in [0.15, 0.2) is 35.0 Å². The molecule has 5 rings (SSSR count). The monoisotopic (exact) mass is 394 g/mol. The number of thiophene rings is 1. The number of nitrogens with one attached hydrogen (secondary N) is 2. The zero-order valence-corrected chi connectivity index (χ0v) is 15.3. The van der Waals surface area contributed by atoms with Crippen molar-refractivity contribution in [1.82, 2.24) is 10.6 Å². The van der Waals surface area contributed by atoms with E-state index in [-0.39, 0.29) is 40.3 Å². The van der Waals surface area contributed by atoms with Gasteiger partial charge in [0, 0.05) is 22.5 Å². The highest BCUT2D eigenvalue weighted by Crippen LogP contribution is 2.60. The molecule has 26 heavy (non-hydrogen) atoms. The molecule has 2 amide bonds. The van der Waals surface area contributed by atoms with Crippen LogP contribution in [-0.4, -0.2) is 29.5 Å². The Balaban J connectivity index is 1.23. The van der Waals surface area contributed by atoms with Crippen LogP contribution in [-0.2, 0) is 4.79 Å². The molecule has 0 unspecified atom stereocenters. The third-order valence-electron chi connectivity index (χ3n) is 4.86. The summed E-state index contributed by atoms with van der Waals surface area (Å²) in [5.74, 6) is -0.678. The number of rotatable bonds is 6. The molecule has 2 aromatic rings. The minimum Gasteiger partial charge on any atom is -0.484 e. The average Bonchev–Trinajstić information content (AvgIpc) is 3.07. The van der Waals surface area contributed by atoms with E-state index in [1.807, 2.05) is 10.8 Å². The Hall–Kier alpha value is -2.12. The van der Waals surface area contributed by atoms with Gasteiger partial charge in [0.05, 0.1) is 10.6 Å². The maximum absolute atomic E-state index is 13.3. The van der Waals surface area contributed by atoms with Gasteiger partial charge in [-0.3, -0.25) is 9.59 Å². The van der Waals surface area contributed by atoms with Crippen molar-refractivity contribution in [3.63, 3.8) is 0 Å². The number of hydrogen-bond donors (Lipinski definition) is 2. The normalized spacial score (nSPS) is 25.6. The molecule has 8 heteroatoms. The highest BCUT2D eigenvalue weighted by molar-refractivity contribution is 7.08. The fourth-order valence-electron chi connectivity index (χ4n) is 3.81. The third kappa shape index (κ3) is 3.17. The van der Waals surface area contributed by atoms with Crippen LogP contribution < -0.4 is 15.4 Å². The lowest BCUT2D eigenvalue weighted by Crippen LogP contribution is -2.84. The summed E-state index contributed by atoms with van der Waals surface area (Å²) in [4.78, 5) is 24.2. The number of carbonyl (C=O) groups is 2. The number of amides is 2. The van der Waals surface area contributed by atoms with Crippen LogP contribution in [0.5, 0.6) is 5.75 Å². The Bertz CT molecular complexity index is 852. The van der Waals surface area contributed by atoms with E-state index in [9.17, 15) is 14.0 Å². The van der Waals surface area contributed by atoms with Gasteiger partial charge in [0.1, 0.15) is 11.6 Å². The van der Waals surface area contributed by atoms with E-state index in [1.54, 1.807) is 6.07 Å². The standard InChI is InChI=1S/C18H16ClFN2O3S/c19-13-2-1-12(5-14(13)20)25-6-15(23)21-17-8-18(9-17,10-17)22-16(24)11-3-4-26-7-11/h1-5,7H,6,8-10H2,(H,21,23)(H,22,24). The summed E-state index contributed by atoms with van der Waals surface area (Å²) in [5.41, 5.74) is 0.210. The molecule has 2 N–H and O–H groups in total. The van der Waals surface area contributed by atoms with Gasteiger partial charge in [-0.15, -0.1) is 0 Å². The first-order valence-corrected chi connectivity index (χ1v) is 9.44. The molecular weight excluding hydrogens is 379 g/mol. The van der Waals surface area contributed by atoms with E-state index in [4.69, 9.17) is 16.3 Å². The van der Waals surface area contributed by atoms with E-state index in [0.717, 1.165) is 25.3 Å². The third-order valence-corrected chi connectivity index (χ3v) is 5.85. The van der Waals surface area contributed by atoms with E-state index in [0.29, 0.717) is 5.56 Å². The van der Waals surface area contributed by atoms with Crippen molar-refractivity contribution < 1.29 is 18.7 Å². The lowest BCUT2D eigenvalue weighted by molar-refractivity contribution is -0.141. The number of ether oxygens (including phenoxy) is 1. The van der Waals surface area contributed by atoms with Crippen LogP contribution in [0.1, 0.15) is 29.6 Å². The Kier molecular flexibility index (Phi) is 4.16. The van der Waals surface area contributed by atoms with Gasteiger partial charge in [-0.1, -0.05) is 11.6 Å². The molecule has 0 aliphatic heterocycles. The number of hydrogen-bond acceptors (Lipinski definition) is 4. The molecule has 0 spiro atoms. The molecule has 0 radical (unpaired) electrons. The molecule has 136 valence electrons. The highest BCUT2D eigenvalue weighted by Gasteiger charge is 2.69. The lowest BCUT2D eigenvalue weighted by Gasteiger charge is -2.70. The fraction of sp³-hybridized carbons (Fsp3) is 0.333. The minimum absolute atomic E-state index is 0.00506. The fourth-order valence-corrected chi connectivity index (χ4v) is 4.56. The van der Waals surface area contributed by atoms with Crippen LogP contribution in [0, 0.1) is 5.82 Å². The molecule has 3 aliphatic carbocycles. The summed E-state index contributed by atoms with van der Waals surface area (Å²) in [5, 5.41) is 9.70. The first-order valence-electron chi connectivity index (χ1n) is 8.12. The van der Waals surface area contributed by atoms with Crippen molar-refractivity contribution in [2.75, 3.05) is 6.61 Å². The second kappa shape index (κ2) is 6.25. The quantitative estimate of drug-likeness (QED) is 0.791. The molecule has 1 aromatic carbocycles. The van der Waals surface area contributed by atoms with Gasteiger partial charge in [-0.25, -0.2) is 4.39 Å². The van der Waals surface area contributed by atoms with Crippen LogP contribution in [0.25, 0.3) is 0 Å². The van der Waals surface area contributed by atoms with Gasteiger partial charge in [0.2, 0.25) is 0 Å². The number of halogens is 2. The molecule has 0 saturated heterocycles. The highest BCUT2D eigenvalue weighted by atomic mass is 35.5. The maximum atomic E-state index is 13.3. The number of carbonyl (C=O) groups excluding carboxylic acids is 2. The molecule has 1 heterocycles. The molecular formula is C18H16ClFN2O3S. The van der Waals surface area contributed by atoms with Gasteiger partial charge < -0.3 is 15.4 Å². The van der Waals surface area contributed by atoms with Crippen LogP contribution in [0.3, 0.4) is 0 Å². The molecule has 1 aromatic heterocycles. The van der Waals surface area contributed by atoms with Crippen molar-refractivity contribution in [1.29, 1.82) is 0 Å². The molecule has 3 aliphatic rings. The van der Waals surface area contributed by atoms with Gasteiger partial charge in [-0.05, 0) is 42.8 Å².